The fraction of sp³-hybridized carbons (Fsp3) is 0.375. The number of carboxylic acids is 1. The zero-order valence-corrected chi connectivity index (χ0v) is 17.6. The van der Waals surface area contributed by atoms with Gasteiger partial charge in [0.15, 0.2) is 1.41 Å². The van der Waals surface area contributed by atoms with Crippen LogP contribution in [0.1, 0.15) is 43.4 Å². The highest BCUT2D eigenvalue weighted by molar-refractivity contribution is 5.88. The molecule has 1 atom stereocenters. The predicted molar refractivity (Wildman–Crippen MR) is 117 cm³/mol. The van der Waals surface area contributed by atoms with Crippen molar-refractivity contribution in [3.63, 3.8) is 0 Å². The molecule has 1 amide bonds. The number of primary amides is 1. The van der Waals surface area contributed by atoms with Crippen LogP contribution in [0, 0.1) is 5.41 Å². The molecular formula is C24H30N2O4. The van der Waals surface area contributed by atoms with Crippen LogP contribution in [0.4, 0.5) is 0 Å². The first-order chi connectivity index (χ1) is 14.9. The van der Waals surface area contributed by atoms with Crippen LogP contribution in [0.3, 0.4) is 0 Å². The third-order valence-corrected chi connectivity index (χ3v) is 5.50. The number of benzene rings is 2. The molecule has 0 heterocycles. The number of carbonyl (C=O) groups is 2. The normalized spacial score (nSPS) is 13.8. The van der Waals surface area contributed by atoms with Gasteiger partial charge in [0.1, 0.15) is 0 Å². The van der Waals surface area contributed by atoms with Crippen LogP contribution in [-0.4, -0.2) is 29.3 Å². The zero-order chi connectivity index (χ0) is 22.7. The summed E-state index contributed by atoms with van der Waals surface area (Å²) in [6, 6.07) is 18.0. The lowest BCUT2D eigenvalue weighted by molar-refractivity contribution is -0.142. The molecule has 1 unspecified atom stereocenters. The van der Waals surface area contributed by atoms with E-state index in [1.807, 2.05) is 55.1 Å². The summed E-state index contributed by atoms with van der Waals surface area (Å²) in [6.45, 7) is 3.53. The molecule has 0 aliphatic heterocycles. The maximum Gasteiger partial charge on any atom is 0.344 e. The van der Waals surface area contributed by atoms with Crippen LogP contribution in [-0.2, 0) is 33.7 Å². The van der Waals surface area contributed by atoms with Crippen LogP contribution < -0.4 is 5.73 Å². The van der Waals surface area contributed by atoms with E-state index in [-0.39, 0.29) is 17.7 Å². The van der Waals surface area contributed by atoms with Gasteiger partial charge in [-0.1, -0.05) is 66.7 Å². The Morgan fingerprint density at radius 1 is 1.10 bits per heavy atom. The number of nitrogens with two attached hydrogens (primary N) is 1. The first kappa shape index (κ1) is 21.6. The molecule has 6 nitrogen and oxygen atoms in total. The van der Waals surface area contributed by atoms with Crippen molar-refractivity contribution in [3.05, 3.63) is 71.3 Å². The van der Waals surface area contributed by atoms with Gasteiger partial charge >= 0.3 is 5.97 Å². The number of aryl methyl sites for hydroxylation is 1. The van der Waals surface area contributed by atoms with E-state index in [9.17, 15) is 9.59 Å². The van der Waals surface area contributed by atoms with Crippen molar-refractivity contribution in [2.75, 3.05) is 6.61 Å². The predicted octanol–water partition coefficient (Wildman–Crippen LogP) is 3.76. The van der Waals surface area contributed by atoms with Crippen LogP contribution in [0.15, 0.2) is 59.8 Å². The van der Waals surface area contributed by atoms with Gasteiger partial charge in [0.2, 0.25) is 12.5 Å². The van der Waals surface area contributed by atoms with E-state index in [1.54, 1.807) is 0 Å². The minimum Gasteiger partial charge on any atom is -0.479 e. The van der Waals surface area contributed by atoms with Gasteiger partial charge in [-0.2, -0.15) is 0 Å². The molecule has 0 saturated carbocycles. The number of carboxylic acid groups (broad SMARTS) is 1. The average Bonchev–Trinajstić information content (AvgIpc) is 2.78. The van der Waals surface area contributed by atoms with Crippen molar-refractivity contribution in [3.8, 4) is 0 Å². The van der Waals surface area contributed by atoms with Gasteiger partial charge in [0.05, 0.1) is 12.1 Å². The van der Waals surface area contributed by atoms with Gasteiger partial charge < -0.3 is 15.7 Å². The number of amides is 1. The van der Waals surface area contributed by atoms with Crippen LogP contribution >= 0.6 is 0 Å². The van der Waals surface area contributed by atoms with E-state index in [0.29, 0.717) is 6.42 Å². The van der Waals surface area contributed by atoms with Crippen LogP contribution in [0.2, 0.25) is 1.41 Å². The summed E-state index contributed by atoms with van der Waals surface area (Å²) >= 11 is 0. The lowest BCUT2D eigenvalue weighted by Gasteiger charge is -2.33. The quantitative estimate of drug-likeness (QED) is 0.410. The molecule has 2 aromatic rings. The maximum absolute atomic E-state index is 11.4. The first-order valence-electron chi connectivity index (χ1n) is 10.6. The molecule has 0 aromatic heterocycles. The molecule has 0 fully saturated rings. The highest BCUT2D eigenvalue weighted by atomic mass is 16.6. The Morgan fingerprint density at radius 2 is 1.77 bits per heavy atom. The Kier molecular flexibility index (Phi) is 8.01. The largest absolute Gasteiger partial charge is 0.479 e. The highest BCUT2D eigenvalue weighted by Crippen LogP contribution is 2.35. The summed E-state index contributed by atoms with van der Waals surface area (Å²) in [7, 11) is 0. The monoisotopic (exact) mass is 411 g/mol. The number of rotatable bonds is 12. The van der Waals surface area contributed by atoms with E-state index < -0.39 is 12.6 Å². The molecular weight excluding hydrogens is 380 g/mol. The summed E-state index contributed by atoms with van der Waals surface area (Å²) in [6.07, 6.45) is 3.40. The molecule has 0 aliphatic carbocycles. The van der Waals surface area contributed by atoms with E-state index in [1.165, 1.54) is 5.56 Å². The van der Waals surface area contributed by atoms with Crippen molar-refractivity contribution in [1.82, 2.24) is 0 Å². The Hall–Kier alpha value is -3.15. The smallest absolute Gasteiger partial charge is 0.344 e. The Morgan fingerprint density at radius 3 is 2.37 bits per heavy atom. The third-order valence-electron chi connectivity index (χ3n) is 5.50. The van der Waals surface area contributed by atoms with Gasteiger partial charge in [-0.05, 0) is 49.3 Å². The Balaban J connectivity index is 2.24. The summed E-state index contributed by atoms with van der Waals surface area (Å²) in [4.78, 5) is 27.3. The number of oxime groups is 1. The van der Waals surface area contributed by atoms with Crippen LogP contribution in [0.25, 0.3) is 0 Å². The lowest BCUT2D eigenvalue weighted by Crippen LogP contribution is -2.32. The molecule has 0 aliphatic rings. The molecule has 3 N–H and O–H groups in total. The molecule has 0 radical (unpaired) electrons. The highest BCUT2D eigenvalue weighted by Gasteiger charge is 2.32. The molecule has 160 valence electrons. The zero-order valence-electron chi connectivity index (χ0n) is 18.6. The summed E-state index contributed by atoms with van der Waals surface area (Å²) in [5.74, 6) is -1.41. The third kappa shape index (κ3) is 7.03. The van der Waals surface area contributed by atoms with Gasteiger partial charge in [0, 0.05) is 5.41 Å². The van der Waals surface area contributed by atoms with Crippen LogP contribution in [0.5, 0.6) is 0 Å². The fourth-order valence-corrected chi connectivity index (χ4v) is 3.62. The lowest BCUT2D eigenvalue weighted by atomic mass is 9.71. The fourth-order valence-electron chi connectivity index (χ4n) is 3.62. The summed E-state index contributed by atoms with van der Waals surface area (Å²) < 4.78 is 6.93. The summed E-state index contributed by atoms with van der Waals surface area (Å²) in [5, 5.41) is 13.0. The molecule has 0 bridgehead atoms. The Labute approximate surface area is 179 Å². The molecule has 0 saturated heterocycles. The standard InChI is InChI=1S/C24H30N2O4/c1-3-24(18(2)26-30-17-23(28)29,14-13-19-7-5-4-6-8-19)16-21-11-9-20(10-12-21)15-22(25)27/h4-12H,3,13-17H2,1-2H3,(H2,25,27)(H,28,29)/b26-18+/i/hD. The number of hydrogen-bond acceptors (Lipinski definition) is 4. The topological polar surface area (TPSA) is 102 Å². The molecule has 6 heteroatoms. The number of hydrogen-bond donors (Lipinski definition) is 2. The number of nitrogens with zero attached hydrogens (tertiary/aromatic N) is 1. The van der Waals surface area contributed by atoms with Gasteiger partial charge in [0.25, 0.3) is 0 Å². The molecule has 2 rings (SSSR count). The number of carbonyl (C=O) groups excluding carboxylic acids is 1. The van der Waals surface area contributed by atoms with E-state index >= 15 is 0 Å². The minimum absolute atomic E-state index is 0.167. The SMILES string of the molecule is [2H]NC(=O)Cc1ccc(CC(CC)(CCc2ccccc2)/C(C)=N/OCC(=O)O)cc1. The molecule has 0 spiro atoms. The van der Waals surface area contributed by atoms with Crippen molar-refractivity contribution in [2.45, 2.75) is 46.0 Å². The minimum atomic E-state index is -1.06. The second-order valence-corrected chi connectivity index (χ2v) is 7.56. The molecule has 30 heavy (non-hydrogen) atoms. The Bertz CT molecular complexity index is 884. The first-order valence-corrected chi connectivity index (χ1v) is 10.1. The van der Waals surface area contributed by atoms with Gasteiger partial charge in [-0.25, -0.2) is 4.79 Å². The van der Waals surface area contributed by atoms with Crippen molar-refractivity contribution >= 4 is 17.6 Å². The number of aliphatic carboxylic acids is 1. The second-order valence-electron chi connectivity index (χ2n) is 7.56. The van der Waals surface area contributed by atoms with Gasteiger partial charge in [-0.15, -0.1) is 0 Å². The van der Waals surface area contributed by atoms with E-state index in [4.69, 9.17) is 11.4 Å². The maximum atomic E-state index is 11.4. The van der Waals surface area contributed by atoms with Crippen molar-refractivity contribution < 1.29 is 20.9 Å². The molecule has 2 aromatic carbocycles. The summed E-state index contributed by atoms with van der Waals surface area (Å²) in [5.41, 5.74) is 5.53. The van der Waals surface area contributed by atoms with Crippen molar-refractivity contribution in [1.29, 1.82) is 0 Å². The van der Waals surface area contributed by atoms with E-state index in [0.717, 1.165) is 36.1 Å². The second kappa shape index (κ2) is 11.1. The van der Waals surface area contributed by atoms with E-state index in [2.05, 4.69) is 24.2 Å². The average molecular weight is 412 g/mol. The van der Waals surface area contributed by atoms with Crippen molar-refractivity contribution in [2.24, 2.45) is 16.3 Å². The van der Waals surface area contributed by atoms with Gasteiger partial charge in [-0.3, -0.25) is 4.79 Å².